The van der Waals surface area contributed by atoms with Gasteiger partial charge >= 0.3 is 0 Å². The van der Waals surface area contributed by atoms with Crippen molar-refractivity contribution in [1.82, 2.24) is 9.80 Å². The van der Waals surface area contributed by atoms with Gasteiger partial charge in [-0.25, -0.2) is 0 Å². The van der Waals surface area contributed by atoms with E-state index in [-0.39, 0.29) is 0 Å². The molecule has 3 rings (SSSR count). The van der Waals surface area contributed by atoms with Gasteiger partial charge < -0.3 is 4.42 Å². The molecule has 0 saturated carbocycles. The molecule has 0 amide bonds. The quantitative estimate of drug-likeness (QED) is 0.820. The van der Waals surface area contributed by atoms with E-state index in [4.69, 9.17) is 4.42 Å². The van der Waals surface area contributed by atoms with Crippen molar-refractivity contribution in [2.45, 2.75) is 44.7 Å². The Balaban J connectivity index is 1.62. The molecule has 2 atom stereocenters. The molecule has 0 unspecified atom stereocenters. The number of furan rings is 1. The Labute approximate surface area is 110 Å². The SMILES string of the molecule is C[C@@H](c1ccoc1)N1CCC[C@H](N2CCCC2)C1. The van der Waals surface area contributed by atoms with Gasteiger partial charge in [-0.05, 0) is 58.3 Å². The number of nitrogens with zero attached hydrogens (tertiary/aromatic N) is 2. The van der Waals surface area contributed by atoms with Gasteiger partial charge in [-0.3, -0.25) is 9.80 Å². The highest BCUT2D eigenvalue weighted by Gasteiger charge is 2.29. The molecule has 2 fully saturated rings. The Morgan fingerprint density at radius 3 is 2.78 bits per heavy atom. The van der Waals surface area contributed by atoms with Gasteiger partial charge in [0.15, 0.2) is 0 Å². The minimum absolute atomic E-state index is 0.495. The van der Waals surface area contributed by atoms with Gasteiger partial charge in [-0.1, -0.05) is 0 Å². The van der Waals surface area contributed by atoms with E-state index in [2.05, 4.69) is 22.8 Å². The first kappa shape index (κ1) is 12.2. The molecule has 0 radical (unpaired) electrons. The maximum absolute atomic E-state index is 5.22. The third-order valence-corrected chi connectivity index (χ3v) is 4.66. The number of hydrogen-bond donors (Lipinski definition) is 0. The molecule has 1 aromatic rings. The van der Waals surface area contributed by atoms with Crippen molar-refractivity contribution in [3.63, 3.8) is 0 Å². The lowest BCUT2D eigenvalue weighted by Gasteiger charge is -2.40. The van der Waals surface area contributed by atoms with Crippen molar-refractivity contribution in [2.24, 2.45) is 0 Å². The molecule has 1 aromatic heterocycles. The maximum atomic E-state index is 5.22. The standard InChI is InChI=1S/C15H24N2O/c1-13(14-6-10-18-12-14)17-9-4-5-15(11-17)16-7-2-3-8-16/h6,10,12-13,15H,2-5,7-9,11H2,1H3/t13-,15-/m0/s1. The minimum atomic E-state index is 0.495. The zero-order valence-corrected chi connectivity index (χ0v) is 11.3. The Morgan fingerprint density at radius 1 is 1.22 bits per heavy atom. The number of rotatable bonds is 3. The van der Waals surface area contributed by atoms with Gasteiger partial charge in [-0.15, -0.1) is 0 Å². The van der Waals surface area contributed by atoms with Crippen LogP contribution >= 0.6 is 0 Å². The number of piperidine rings is 1. The van der Waals surface area contributed by atoms with E-state index in [0.717, 1.165) is 6.04 Å². The summed E-state index contributed by atoms with van der Waals surface area (Å²) in [6.07, 6.45) is 9.19. The van der Waals surface area contributed by atoms with E-state index in [1.807, 2.05) is 6.26 Å². The third kappa shape index (κ3) is 2.47. The predicted octanol–water partition coefficient (Wildman–Crippen LogP) is 2.90. The second-order valence-electron chi connectivity index (χ2n) is 5.77. The third-order valence-electron chi connectivity index (χ3n) is 4.66. The van der Waals surface area contributed by atoms with Gasteiger partial charge in [0.1, 0.15) is 0 Å². The Kier molecular flexibility index (Phi) is 3.71. The molecule has 0 N–H and O–H groups in total. The summed E-state index contributed by atoms with van der Waals surface area (Å²) in [5.41, 5.74) is 1.32. The lowest BCUT2D eigenvalue weighted by Crippen LogP contribution is -2.47. The summed E-state index contributed by atoms with van der Waals surface area (Å²) in [5, 5.41) is 0. The van der Waals surface area contributed by atoms with Crippen molar-refractivity contribution in [3.05, 3.63) is 24.2 Å². The van der Waals surface area contributed by atoms with Crippen LogP contribution in [0.3, 0.4) is 0 Å². The summed E-state index contributed by atoms with van der Waals surface area (Å²) in [4.78, 5) is 5.32. The second kappa shape index (κ2) is 5.45. The van der Waals surface area contributed by atoms with Crippen LogP contribution in [0.2, 0.25) is 0 Å². The monoisotopic (exact) mass is 248 g/mol. The van der Waals surface area contributed by atoms with Crippen LogP contribution in [0.15, 0.2) is 23.0 Å². The molecule has 0 bridgehead atoms. The minimum Gasteiger partial charge on any atom is -0.472 e. The first-order valence-electron chi connectivity index (χ1n) is 7.35. The first-order chi connectivity index (χ1) is 8.84. The van der Waals surface area contributed by atoms with Crippen molar-refractivity contribution in [1.29, 1.82) is 0 Å². The number of likely N-dealkylation sites (tertiary alicyclic amines) is 2. The lowest BCUT2D eigenvalue weighted by molar-refractivity contribution is 0.0885. The topological polar surface area (TPSA) is 19.6 Å². The molecule has 3 heteroatoms. The number of hydrogen-bond acceptors (Lipinski definition) is 3. The van der Waals surface area contributed by atoms with Crippen LogP contribution in [-0.2, 0) is 0 Å². The molecule has 18 heavy (non-hydrogen) atoms. The molecule has 2 saturated heterocycles. The first-order valence-corrected chi connectivity index (χ1v) is 7.35. The molecule has 100 valence electrons. The van der Waals surface area contributed by atoms with Gasteiger partial charge in [0.2, 0.25) is 0 Å². The summed E-state index contributed by atoms with van der Waals surface area (Å²) >= 11 is 0. The fourth-order valence-corrected chi connectivity index (χ4v) is 3.46. The maximum Gasteiger partial charge on any atom is 0.0950 e. The highest BCUT2D eigenvalue weighted by molar-refractivity contribution is 5.11. The molecule has 2 aliphatic heterocycles. The van der Waals surface area contributed by atoms with Crippen LogP contribution in [0.1, 0.15) is 44.2 Å². The predicted molar refractivity (Wildman–Crippen MR) is 72.5 cm³/mol. The fourth-order valence-electron chi connectivity index (χ4n) is 3.46. The van der Waals surface area contributed by atoms with Crippen LogP contribution in [0, 0.1) is 0 Å². The molecular formula is C15H24N2O. The van der Waals surface area contributed by atoms with E-state index in [1.165, 1.54) is 57.4 Å². The Morgan fingerprint density at radius 2 is 2.06 bits per heavy atom. The van der Waals surface area contributed by atoms with Crippen LogP contribution in [0.4, 0.5) is 0 Å². The largest absolute Gasteiger partial charge is 0.472 e. The van der Waals surface area contributed by atoms with Crippen LogP contribution in [0.25, 0.3) is 0 Å². The fraction of sp³-hybridized carbons (Fsp3) is 0.733. The highest BCUT2D eigenvalue weighted by atomic mass is 16.3. The molecule has 0 aromatic carbocycles. The molecule has 0 spiro atoms. The van der Waals surface area contributed by atoms with E-state index in [9.17, 15) is 0 Å². The van der Waals surface area contributed by atoms with Crippen LogP contribution in [0.5, 0.6) is 0 Å². The van der Waals surface area contributed by atoms with Gasteiger partial charge in [0.05, 0.1) is 12.5 Å². The zero-order chi connectivity index (χ0) is 12.4. The average molecular weight is 248 g/mol. The van der Waals surface area contributed by atoms with Crippen molar-refractivity contribution in [2.75, 3.05) is 26.2 Å². The van der Waals surface area contributed by atoms with Crippen LogP contribution < -0.4 is 0 Å². The average Bonchev–Trinajstić information content (AvgIpc) is 3.11. The Bertz CT molecular complexity index is 357. The summed E-state index contributed by atoms with van der Waals surface area (Å²) < 4.78 is 5.22. The molecule has 0 aliphatic carbocycles. The second-order valence-corrected chi connectivity index (χ2v) is 5.77. The van der Waals surface area contributed by atoms with Crippen molar-refractivity contribution < 1.29 is 4.42 Å². The van der Waals surface area contributed by atoms with Crippen molar-refractivity contribution in [3.8, 4) is 0 Å². The van der Waals surface area contributed by atoms with E-state index in [0.29, 0.717) is 6.04 Å². The molecule has 3 nitrogen and oxygen atoms in total. The normalized spacial score (nSPS) is 28.6. The summed E-state index contributed by atoms with van der Waals surface area (Å²) in [5.74, 6) is 0. The zero-order valence-electron chi connectivity index (χ0n) is 11.3. The molecular weight excluding hydrogens is 224 g/mol. The van der Waals surface area contributed by atoms with Gasteiger partial charge in [-0.2, -0.15) is 0 Å². The lowest BCUT2D eigenvalue weighted by atomic mass is 10.0. The van der Waals surface area contributed by atoms with E-state index in [1.54, 1.807) is 6.26 Å². The van der Waals surface area contributed by atoms with E-state index >= 15 is 0 Å². The highest BCUT2D eigenvalue weighted by Crippen LogP contribution is 2.27. The van der Waals surface area contributed by atoms with Gasteiger partial charge in [0, 0.05) is 24.2 Å². The summed E-state index contributed by atoms with van der Waals surface area (Å²) in [7, 11) is 0. The summed E-state index contributed by atoms with van der Waals surface area (Å²) in [6.45, 7) is 7.40. The molecule has 3 heterocycles. The van der Waals surface area contributed by atoms with E-state index < -0.39 is 0 Å². The molecule has 2 aliphatic rings. The van der Waals surface area contributed by atoms with Crippen LogP contribution in [-0.4, -0.2) is 42.0 Å². The Hall–Kier alpha value is -0.800. The van der Waals surface area contributed by atoms with Crippen molar-refractivity contribution >= 4 is 0 Å². The smallest absolute Gasteiger partial charge is 0.0950 e. The summed E-state index contributed by atoms with van der Waals surface area (Å²) in [6, 6.07) is 3.38. The van der Waals surface area contributed by atoms with Gasteiger partial charge in [0.25, 0.3) is 0 Å².